The topological polar surface area (TPSA) is 127 Å². The lowest BCUT2D eigenvalue weighted by molar-refractivity contribution is 0.0867. The van der Waals surface area contributed by atoms with Crippen LogP contribution < -0.4 is 16.8 Å². The number of hydrogen-bond acceptors (Lipinski definition) is 7. The van der Waals surface area contributed by atoms with Crippen molar-refractivity contribution in [3.05, 3.63) is 46.6 Å². The molecule has 168 valence electrons. The Morgan fingerprint density at radius 3 is 2.53 bits per heavy atom. The first-order valence-corrected chi connectivity index (χ1v) is 11.0. The molecule has 0 aliphatic heterocycles. The van der Waals surface area contributed by atoms with Crippen molar-refractivity contribution < 1.29 is 18.7 Å². The maximum absolute atomic E-state index is 14.6. The van der Waals surface area contributed by atoms with Crippen molar-refractivity contribution in [1.82, 2.24) is 15.3 Å². The van der Waals surface area contributed by atoms with E-state index in [-0.39, 0.29) is 29.3 Å². The van der Waals surface area contributed by atoms with Gasteiger partial charge >= 0.3 is 0 Å². The summed E-state index contributed by atoms with van der Waals surface area (Å²) in [7, 11) is 0. The number of aryl methyl sites for hydroxylation is 1. The maximum Gasteiger partial charge on any atom is 0.280 e. The molecule has 0 radical (unpaired) electrons. The molecule has 6 N–H and O–H groups in total. The molecule has 7 nitrogen and oxygen atoms in total. The summed E-state index contributed by atoms with van der Waals surface area (Å²) in [6.07, 6.45) is 2.47. The number of rotatable bonds is 4. The van der Waals surface area contributed by atoms with Gasteiger partial charge < -0.3 is 21.9 Å². The van der Waals surface area contributed by atoms with Crippen LogP contribution in [-0.2, 0) is 0 Å². The van der Waals surface area contributed by atoms with Crippen molar-refractivity contribution in [3.8, 4) is 21.8 Å². The Kier molecular flexibility index (Phi) is 6.07. The molecule has 0 bridgehead atoms. The summed E-state index contributed by atoms with van der Waals surface area (Å²) in [5, 5.41) is 12.9. The Morgan fingerprint density at radius 1 is 1.12 bits per heavy atom. The summed E-state index contributed by atoms with van der Waals surface area (Å²) in [6, 6.07) is 5.89. The fourth-order valence-electron chi connectivity index (χ4n) is 3.76. The van der Waals surface area contributed by atoms with Crippen molar-refractivity contribution >= 4 is 28.6 Å². The van der Waals surface area contributed by atoms with E-state index in [0.717, 1.165) is 18.9 Å². The third-order valence-corrected chi connectivity index (χ3v) is 6.75. The lowest BCUT2D eigenvalue weighted by Gasteiger charge is -2.25. The van der Waals surface area contributed by atoms with Crippen molar-refractivity contribution in [1.29, 1.82) is 0 Å². The number of aliphatic hydroxyl groups is 1. The fourth-order valence-corrected chi connectivity index (χ4v) is 4.69. The number of hydrogen-bond donors (Lipinski definition) is 4. The number of nitrogen functional groups attached to an aromatic ring is 2. The predicted molar refractivity (Wildman–Crippen MR) is 120 cm³/mol. The smallest absolute Gasteiger partial charge is 0.280 e. The standard InChI is InChI=1S/C22H23F2N5O2S/c1-10-20(32-22(27-10)21(31)28-11-5-7-12(30)8-6-11)16-4-2-3-15(29-16)13-9-14(23)18(25)19(26)17(13)24/h2-4,9,11-12,30H,5-8,25-26H2,1H3,(H,28,31). The molecular weight excluding hydrogens is 436 g/mol. The summed E-state index contributed by atoms with van der Waals surface area (Å²) in [5.41, 5.74) is 11.3. The van der Waals surface area contributed by atoms with Gasteiger partial charge in [-0.2, -0.15) is 0 Å². The number of nitrogens with one attached hydrogen (secondary N) is 1. The van der Waals surface area contributed by atoms with E-state index in [1.165, 1.54) is 11.3 Å². The molecule has 3 aromatic rings. The van der Waals surface area contributed by atoms with E-state index in [9.17, 15) is 18.7 Å². The Hall–Kier alpha value is -3.11. The summed E-state index contributed by atoms with van der Waals surface area (Å²) in [4.78, 5) is 22.1. The van der Waals surface area contributed by atoms with Gasteiger partial charge in [-0.15, -0.1) is 11.3 Å². The molecule has 1 amide bonds. The van der Waals surface area contributed by atoms with Gasteiger partial charge in [0.05, 0.1) is 39.4 Å². The average Bonchev–Trinajstić information content (AvgIpc) is 3.18. The molecule has 1 aliphatic carbocycles. The molecule has 10 heteroatoms. The molecule has 0 unspecified atom stereocenters. The summed E-state index contributed by atoms with van der Waals surface area (Å²) in [6.45, 7) is 1.76. The number of thiazole rings is 1. The molecule has 4 rings (SSSR count). The molecule has 0 saturated heterocycles. The van der Waals surface area contributed by atoms with E-state index in [0.29, 0.717) is 34.1 Å². The Balaban J connectivity index is 1.61. The van der Waals surface area contributed by atoms with Gasteiger partial charge in [0.25, 0.3) is 5.91 Å². The van der Waals surface area contributed by atoms with Crippen LogP contribution in [0.25, 0.3) is 21.8 Å². The normalized spacial score (nSPS) is 18.5. The minimum Gasteiger partial charge on any atom is -0.395 e. The number of benzene rings is 1. The van der Waals surface area contributed by atoms with Gasteiger partial charge in [0.15, 0.2) is 10.8 Å². The number of aromatic nitrogens is 2. The molecule has 1 fully saturated rings. The van der Waals surface area contributed by atoms with Gasteiger partial charge in [-0.05, 0) is 50.8 Å². The lowest BCUT2D eigenvalue weighted by atomic mass is 9.93. The van der Waals surface area contributed by atoms with Crippen molar-refractivity contribution in [2.45, 2.75) is 44.8 Å². The highest BCUT2D eigenvalue weighted by Crippen LogP contribution is 2.34. The van der Waals surface area contributed by atoms with E-state index in [4.69, 9.17) is 11.5 Å². The highest BCUT2D eigenvalue weighted by atomic mass is 32.1. The van der Waals surface area contributed by atoms with E-state index in [1.807, 2.05) is 0 Å². The van der Waals surface area contributed by atoms with Crippen LogP contribution >= 0.6 is 11.3 Å². The first kappa shape index (κ1) is 22.1. The number of halogens is 2. The number of carbonyl (C=O) groups is 1. The molecule has 1 aromatic carbocycles. The number of aliphatic hydroxyl groups excluding tert-OH is 1. The van der Waals surface area contributed by atoms with Crippen LogP contribution in [0, 0.1) is 18.6 Å². The van der Waals surface area contributed by atoms with E-state index >= 15 is 0 Å². The van der Waals surface area contributed by atoms with Crippen LogP contribution in [0.1, 0.15) is 41.2 Å². The summed E-state index contributed by atoms with van der Waals surface area (Å²) < 4.78 is 28.6. The zero-order chi connectivity index (χ0) is 23.0. The van der Waals surface area contributed by atoms with E-state index < -0.39 is 23.0 Å². The average molecular weight is 460 g/mol. The molecule has 1 saturated carbocycles. The first-order valence-electron chi connectivity index (χ1n) is 10.2. The number of nitrogens with two attached hydrogens (primary N) is 2. The number of pyridine rings is 1. The highest BCUT2D eigenvalue weighted by molar-refractivity contribution is 7.17. The molecular formula is C22H23F2N5O2S. The number of anilines is 2. The third-order valence-electron chi connectivity index (χ3n) is 5.57. The van der Waals surface area contributed by atoms with Gasteiger partial charge in [0.2, 0.25) is 0 Å². The molecule has 0 atom stereocenters. The van der Waals surface area contributed by atoms with Crippen molar-refractivity contribution in [2.24, 2.45) is 0 Å². The zero-order valence-corrected chi connectivity index (χ0v) is 18.2. The van der Waals surface area contributed by atoms with Crippen LogP contribution in [0.5, 0.6) is 0 Å². The van der Waals surface area contributed by atoms with Gasteiger partial charge in [0, 0.05) is 11.6 Å². The molecule has 2 heterocycles. The van der Waals surface area contributed by atoms with Crippen molar-refractivity contribution in [3.63, 3.8) is 0 Å². The molecule has 0 spiro atoms. The SMILES string of the molecule is Cc1nc(C(=O)NC2CCC(O)CC2)sc1-c1cccc(-c2cc(F)c(N)c(N)c2F)n1. The fraction of sp³-hybridized carbons (Fsp3) is 0.318. The third kappa shape index (κ3) is 4.28. The highest BCUT2D eigenvalue weighted by Gasteiger charge is 2.24. The number of carbonyl (C=O) groups excluding carboxylic acids is 1. The van der Waals surface area contributed by atoms with Gasteiger partial charge in [0.1, 0.15) is 5.82 Å². The quantitative estimate of drug-likeness (QED) is 0.441. The minimum atomic E-state index is -0.841. The minimum absolute atomic E-state index is 0.00820. The van der Waals surface area contributed by atoms with E-state index in [1.54, 1.807) is 25.1 Å². The predicted octanol–water partition coefficient (Wildman–Crippen LogP) is 3.66. The van der Waals surface area contributed by atoms with Gasteiger partial charge in [-0.3, -0.25) is 4.79 Å². The van der Waals surface area contributed by atoms with Crippen LogP contribution in [0.4, 0.5) is 20.2 Å². The van der Waals surface area contributed by atoms with Crippen LogP contribution in [-0.4, -0.2) is 33.1 Å². The monoisotopic (exact) mass is 459 g/mol. The second kappa shape index (κ2) is 8.79. The number of nitrogens with zero attached hydrogens (tertiary/aromatic N) is 2. The van der Waals surface area contributed by atoms with Crippen molar-refractivity contribution in [2.75, 3.05) is 11.5 Å². The Morgan fingerprint density at radius 2 is 1.81 bits per heavy atom. The van der Waals surface area contributed by atoms with Gasteiger partial charge in [-0.25, -0.2) is 18.7 Å². The summed E-state index contributed by atoms with van der Waals surface area (Å²) >= 11 is 1.18. The lowest BCUT2D eigenvalue weighted by Crippen LogP contribution is -2.38. The summed E-state index contributed by atoms with van der Waals surface area (Å²) in [5.74, 6) is -1.94. The Bertz CT molecular complexity index is 1180. The van der Waals surface area contributed by atoms with E-state index in [2.05, 4.69) is 15.3 Å². The second-order valence-electron chi connectivity index (χ2n) is 7.87. The number of amides is 1. The largest absolute Gasteiger partial charge is 0.395 e. The first-order chi connectivity index (χ1) is 15.2. The molecule has 32 heavy (non-hydrogen) atoms. The van der Waals surface area contributed by atoms with Crippen LogP contribution in [0.15, 0.2) is 24.3 Å². The van der Waals surface area contributed by atoms with Crippen LogP contribution in [0.3, 0.4) is 0 Å². The second-order valence-corrected chi connectivity index (χ2v) is 8.87. The van der Waals surface area contributed by atoms with Gasteiger partial charge in [-0.1, -0.05) is 6.07 Å². The molecule has 2 aromatic heterocycles. The maximum atomic E-state index is 14.6. The van der Waals surface area contributed by atoms with Crippen LogP contribution in [0.2, 0.25) is 0 Å². The molecule has 1 aliphatic rings. The zero-order valence-electron chi connectivity index (χ0n) is 17.4. The Labute approximate surface area is 187 Å².